The van der Waals surface area contributed by atoms with E-state index in [1.54, 1.807) is 0 Å². The zero-order valence-electron chi connectivity index (χ0n) is 8.25. The molecule has 13 heavy (non-hydrogen) atoms. The highest BCUT2D eigenvalue weighted by atomic mass is 16.7. The summed E-state index contributed by atoms with van der Waals surface area (Å²) >= 11 is 0. The summed E-state index contributed by atoms with van der Waals surface area (Å²) in [7, 11) is 1.26. The first kappa shape index (κ1) is 10.0. The normalized spacial score (nSPS) is 32.1. The van der Waals surface area contributed by atoms with Gasteiger partial charge in [-0.15, -0.1) is 0 Å². The molecule has 0 N–H and O–H groups in total. The first-order valence-electron chi connectivity index (χ1n) is 4.03. The van der Waals surface area contributed by atoms with Gasteiger partial charge < -0.3 is 4.74 Å². The topological polar surface area (TPSA) is 43.2 Å². The number of esters is 1. The molecule has 1 fully saturated rings. The molecule has 0 aromatic heterocycles. The highest BCUT2D eigenvalue weighted by molar-refractivity contribution is 5.85. The van der Waals surface area contributed by atoms with Crippen LogP contribution in [0.4, 0.5) is 0 Å². The van der Waals surface area contributed by atoms with Gasteiger partial charge in [0.25, 0.3) is 0 Å². The van der Waals surface area contributed by atoms with Crippen LogP contribution in [0, 0.1) is 12.0 Å². The minimum atomic E-state index is -1.37. The van der Waals surface area contributed by atoms with Crippen LogP contribution in [0.25, 0.3) is 4.85 Å². The largest absolute Gasteiger partial charge is 0.462 e. The zero-order valence-corrected chi connectivity index (χ0v) is 8.25. The SMILES string of the molecule is [C-]#[N+]C1(C(=O)OC)OC1C(C)(C)C. The molecule has 4 nitrogen and oxygen atoms in total. The minimum Gasteiger partial charge on any atom is -0.461 e. The Kier molecular flexibility index (Phi) is 2.08. The third-order valence-electron chi connectivity index (χ3n) is 2.03. The van der Waals surface area contributed by atoms with Gasteiger partial charge in [-0.1, -0.05) is 20.8 Å². The van der Waals surface area contributed by atoms with E-state index < -0.39 is 11.7 Å². The fourth-order valence-electron chi connectivity index (χ4n) is 1.34. The van der Waals surface area contributed by atoms with Crippen molar-refractivity contribution < 1.29 is 14.3 Å². The van der Waals surface area contributed by atoms with Crippen molar-refractivity contribution in [2.24, 2.45) is 5.41 Å². The van der Waals surface area contributed by atoms with E-state index in [1.165, 1.54) is 7.11 Å². The Labute approximate surface area is 77.6 Å². The summed E-state index contributed by atoms with van der Waals surface area (Å²) in [6.07, 6.45) is -0.357. The highest BCUT2D eigenvalue weighted by Gasteiger charge is 2.76. The van der Waals surface area contributed by atoms with Crippen LogP contribution in [-0.4, -0.2) is 24.9 Å². The molecule has 72 valence electrons. The number of hydrogen-bond acceptors (Lipinski definition) is 3. The van der Waals surface area contributed by atoms with E-state index in [4.69, 9.17) is 11.3 Å². The molecule has 0 saturated carbocycles. The van der Waals surface area contributed by atoms with Gasteiger partial charge in [-0.3, -0.25) is 9.58 Å². The number of ether oxygens (including phenoxy) is 2. The fraction of sp³-hybridized carbons (Fsp3) is 0.778. The molecule has 1 rings (SSSR count). The fourth-order valence-corrected chi connectivity index (χ4v) is 1.34. The number of methoxy groups -OCH3 is 1. The van der Waals surface area contributed by atoms with Crippen LogP contribution in [0.1, 0.15) is 20.8 Å². The summed E-state index contributed by atoms with van der Waals surface area (Å²) in [5.41, 5.74) is -1.58. The molecule has 1 heterocycles. The van der Waals surface area contributed by atoms with Crippen LogP contribution in [-0.2, 0) is 14.3 Å². The maximum atomic E-state index is 11.2. The Morgan fingerprint density at radius 2 is 2.15 bits per heavy atom. The molecule has 4 heteroatoms. The van der Waals surface area contributed by atoms with E-state index >= 15 is 0 Å². The van der Waals surface area contributed by atoms with Gasteiger partial charge in [0.2, 0.25) is 0 Å². The van der Waals surface area contributed by atoms with E-state index in [-0.39, 0.29) is 11.5 Å². The Morgan fingerprint density at radius 3 is 2.38 bits per heavy atom. The molecular formula is C9H13NO3. The number of rotatable bonds is 1. The number of epoxide rings is 1. The minimum absolute atomic E-state index is 0.210. The molecule has 0 bridgehead atoms. The Morgan fingerprint density at radius 1 is 1.62 bits per heavy atom. The lowest BCUT2D eigenvalue weighted by molar-refractivity contribution is -0.145. The average molecular weight is 183 g/mol. The molecule has 1 aliphatic heterocycles. The standard InChI is InChI=1S/C9H13NO3/c1-8(2,3)6-9(10-4,13-6)7(11)12-5/h6H,1-3,5H3. The van der Waals surface area contributed by atoms with Gasteiger partial charge in [0.1, 0.15) is 0 Å². The lowest BCUT2D eigenvalue weighted by Gasteiger charge is -2.12. The second kappa shape index (κ2) is 2.71. The van der Waals surface area contributed by atoms with Crippen molar-refractivity contribution in [1.82, 2.24) is 0 Å². The predicted octanol–water partition coefficient (Wildman–Crippen LogP) is 1.22. The summed E-state index contributed by atoms with van der Waals surface area (Å²) in [4.78, 5) is 14.4. The maximum absolute atomic E-state index is 11.2. The van der Waals surface area contributed by atoms with Crippen LogP contribution in [0.5, 0.6) is 0 Å². The molecule has 2 atom stereocenters. The van der Waals surface area contributed by atoms with Crippen molar-refractivity contribution in [3.05, 3.63) is 11.4 Å². The van der Waals surface area contributed by atoms with Gasteiger partial charge in [-0.05, 0) is 0 Å². The Hall–Kier alpha value is -1.08. The van der Waals surface area contributed by atoms with Crippen LogP contribution in [0.3, 0.4) is 0 Å². The summed E-state index contributed by atoms with van der Waals surface area (Å²) < 4.78 is 9.66. The second-order valence-electron chi connectivity index (χ2n) is 4.16. The van der Waals surface area contributed by atoms with Crippen molar-refractivity contribution in [2.75, 3.05) is 7.11 Å². The van der Waals surface area contributed by atoms with E-state index in [1.807, 2.05) is 20.8 Å². The molecule has 1 aliphatic rings. The first-order chi connectivity index (χ1) is 5.88. The van der Waals surface area contributed by atoms with Gasteiger partial charge in [0.15, 0.2) is 6.10 Å². The van der Waals surface area contributed by atoms with E-state index in [0.29, 0.717) is 0 Å². The number of hydrogen-bond donors (Lipinski definition) is 0. The number of carbonyl (C=O) groups excluding carboxylic acids is 1. The van der Waals surface area contributed by atoms with Crippen molar-refractivity contribution in [1.29, 1.82) is 0 Å². The van der Waals surface area contributed by atoms with Crippen LogP contribution >= 0.6 is 0 Å². The van der Waals surface area contributed by atoms with Gasteiger partial charge in [0, 0.05) is 5.41 Å². The quantitative estimate of drug-likeness (QED) is 0.349. The van der Waals surface area contributed by atoms with Crippen molar-refractivity contribution >= 4 is 5.97 Å². The van der Waals surface area contributed by atoms with Gasteiger partial charge in [-0.25, -0.2) is 11.4 Å². The third-order valence-corrected chi connectivity index (χ3v) is 2.03. The van der Waals surface area contributed by atoms with Crippen LogP contribution in [0.2, 0.25) is 0 Å². The van der Waals surface area contributed by atoms with Crippen molar-refractivity contribution in [3.8, 4) is 0 Å². The zero-order chi connectivity index (χ0) is 10.3. The molecule has 0 aliphatic carbocycles. The van der Waals surface area contributed by atoms with Gasteiger partial charge >= 0.3 is 11.7 Å². The molecule has 0 radical (unpaired) electrons. The van der Waals surface area contributed by atoms with Gasteiger partial charge in [-0.2, -0.15) is 0 Å². The van der Waals surface area contributed by atoms with E-state index in [9.17, 15) is 4.79 Å². The smallest absolute Gasteiger partial charge is 0.461 e. The molecule has 2 unspecified atom stereocenters. The van der Waals surface area contributed by atoms with E-state index in [0.717, 1.165) is 0 Å². The highest BCUT2D eigenvalue weighted by Crippen LogP contribution is 2.49. The summed E-state index contributed by atoms with van der Waals surface area (Å²) in [6.45, 7) is 12.7. The first-order valence-corrected chi connectivity index (χ1v) is 4.03. The molecule has 0 amide bonds. The third kappa shape index (κ3) is 1.40. The Balaban J connectivity index is 2.83. The number of carbonyl (C=O) groups is 1. The summed E-state index contributed by atoms with van der Waals surface area (Å²) in [5.74, 6) is -0.595. The van der Waals surface area contributed by atoms with Crippen molar-refractivity contribution in [2.45, 2.75) is 32.6 Å². The van der Waals surface area contributed by atoms with E-state index in [2.05, 4.69) is 9.58 Å². The lowest BCUT2D eigenvalue weighted by Crippen LogP contribution is -2.30. The van der Waals surface area contributed by atoms with Crippen molar-refractivity contribution in [3.63, 3.8) is 0 Å². The average Bonchev–Trinajstić information content (AvgIpc) is 2.78. The molecule has 1 saturated heterocycles. The van der Waals surface area contributed by atoms with Crippen LogP contribution in [0.15, 0.2) is 0 Å². The molecule has 0 aromatic rings. The van der Waals surface area contributed by atoms with Gasteiger partial charge in [0.05, 0.1) is 7.11 Å². The monoisotopic (exact) mass is 183 g/mol. The molecule has 0 aromatic carbocycles. The number of nitrogens with zero attached hydrogens (tertiary/aromatic N) is 1. The van der Waals surface area contributed by atoms with Crippen LogP contribution < -0.4 is 0 Å². The Bertz CT molecular complexity index is 274. The lowest BCUT2D eigenvalue weighted by atomic mass is 9.88. The molecular weight excluding hydrogens is 170 g/mol. The maximum Gasteiger partial charge on any atom is 0.462 e. The predicted molar refractivity (Wildman–Crippen MR) is 45.7 cm³/mol. The second-order valence-corrected chi connectivity index (χ2v) is 4.16. The molecule has 0 spiro atoms. The summed E-state index contributed by atoms with van der Waals surface area (Å²) in [5, 5.41) is 0. The summed E-state index contributed by atoms with van der Waals surface area (Å²) in [6, 6.07) is 0.